The van der Waals surface area contributed by atoms with E-state index >= 15 is 0 Å². The van der Waals surface area contributed by atoms with E-state index in [-0.39, 0.29) is 18.5 Å². The third-order valence-corrected chi connectivity index (χ3v) is 5.16. The molecule has 0 spiro atoms. The van der Waals surface area contributed by atoms with Gasteiger partial charge in [0, 0.05) is 28.2 Å². The van der Waals surface area contributed by atoms with Crippen LogP contribution in [0.25, 0.3) is 0 Å². The van der Waals surface area contributed by atoms with Crippen molar-refractivity contribution in [2.75, 3.05) is 0 Å². The van der Waals surface area contributed by atoms with E-state index < -0.39 is 0 Å². The highest BCUT2D eigenvalue weighted by Gasteiger charge is 2.10. The number of ether oxygens (including phenoxy) is 1. The standard InChI is InChI=1S/C22H20BrClFNO/c1-15(16-5-3-2-4-6-16)26-13-18-11-19(23)8-10-22(18)27-14-17-7-9-20(25)12-21(17)24/h2-12,15,26H,13-14H2,1H3. The highest BCUT2D eigenvalue weighted by atomic mass is 79.9. The van der Waals surface area contributed by atoms with E-state index in [1.54, 1.807) is 6.07 Å². The van der Waals surface area contributed by atoms with Crippen LogP contribution in [-0.4, -0.2) is 0 Å². The zero-order valence-corrected chi connectivity index (χ0v) is 17.2. The van der Waals surface area contributed by atoms with Crippen molar-refractivity contribution in [2.24, 2.45) is 0 Å². The third-order valence-electron chi connectivity index (χ3n) is 4.32. The Hall–Kier alpha value is -1.88. The van der Waals surface area contributed by atoms with Crippen molar-refractivity contribution < 1.29 is 9.13 Å². The molecule has 1 atom stereocenters. The monoisotopic (exact) mass is 447 g/mol. The van der Waals surface area contributed by atoms with Gasteiger partial charge >= 0.3 is 0 Å². The summed E-state index contributed by atoms with van der Waals surface area (Å²) >= 11 is 9.61. The predicted octanol–water partition coefficient (Wildman–Crippen LogP) is 6.67. The molecule has 5 heteroatoms. The molecule has 1 N–H and O–H groups in total. The van der Waals surface area contributed by atoms with Crippen LogP contribution in [0.4, 0.5) is 4.39 Å². The van der Waals surface area contributed by atoms with Crippen molar-refractivity contribution in [1.29, 1.82) is 0 Å². The Kier molecular flexibility index (Phi) is 6.89. The molecular formula is C22H20BrClFNO. The van der Waals surface area contributed by atoms with Gasteiger partial charge < -0.3 is 10.1 Å². The molecule has 0 aliphatic heterocycles. The van der Waals surface area contributed by atoms with E-state index in [0.717, 1.165) is 21.3 Å². The molecule has 0 bridgehead atoms. The molecule has 0 saturated heterocycles. The predicted molar refractivity (Wildman–Crippen MR) is 112 cm³/mol. The first-order chi connectivity index (χ1) is 13.0. The van der Waals surface area contributed by atoms with Crippen LogP contribution in [0.5, 0.6) is 5.75 Å². The van der Waals surface area contributed by atoms with Gasteiger partial charge in [0.05, 0.1) is 5.02 Å². The van der Waals surface area contributed by atoms with Crippen molar-refractivity contribution in [3.8, 4) is 5.75 Å². The van der Waals surface area contributed by atoms with Gasteiger partial charge in [0.15, 0.2) is 0 Å². The lowest BCUT2D eigenvalue weighted by Crippen LogP contribution is -2.18. The molecule has 0 radical (unpaired) electrons. The summed E-state index contributed by atoms with van der Waals surface area (Å²) in [6.07, 6.45) is 0. The molecule has 0 fully saturated rings. The summed E-state index contributed by atoms with van der Waals surface area (Å²) in [6, 6.07) is 20.7. The van der Waals surface area contributed by atoms with Crippen LogP contribution in [-0.2, 0) is 13.2 Å². The minimum Gasteiger partial charge on any atom is -0.489 e. The van der Waals surface area contributed by atoms with Crippen molar-refractivity contribution in [1.82, 2.24) is 5.32 Å². The molecule has 3 rings (SSSR count). The molecule has 0 aliphatic rings. The summed E-state index contributed by atoms with van der Waals surface area (Å²) in [4.78, 5) is 0. The van der Waals surface area contributed by atoms with Gasteiger partial charge in [0.1, 0.15) is 18.2 Å². The lowest BCUT2D eigenvalue weighted by Gasteiger charge is -2.17. The Labute approximate surface area is 172 Å². The number of hydrogen-bond donors (Lipinski definition) is 1. The zero-order valence-electron chi connectivity index (χ0n) is 14.9. The van der Waals surface area contributed by atoms with Gasteiger partial charge in [0.25, 0.3) is 0 Å². The maximum atomic E-state index is 13.2. The van der Waals surface area contributed by atoms with Crippen LogP contribution in [0.3, 0.4) is 0 Å². The van der Waals surface area contributed by atoms with E-state index in [9.17, 15) is 4.39 Å². The van der Waals surface area contributed by atoms with Crippen molar-refractivity contribution >= 4 is 27.5 Å². The molecule has 0 saturated carbocycles. The van der Waals surface area contributed by atoms with Crippen molar-refractivity contribution in [2.45, 2.75) is 26.1 Å². The Bertz CT molecular complexity index is 904. The van der Waals surface area contributed by atoms with E-state index in [0.29, 0.717) is 11.6 Å². The lowest BCUT2D eigenvalue weighted by molar-refractivity contribution is 0.301. The summed E-state index contributed by atoms with van der Waals surface area (Å²) in [5.74, 6) is 0.415. The highest BCUT2D eigenvalue weighted by molar-refractivity contribution is 9.10. The van der Waals surface area contributed by atoms with Gasteiger partial charge in [-0.25, -0.2) is 4.39 Å². The first-order valence-corrected chi connectivity index (χ1v) is 9.83. The molecule has 3 aromatic rings. The molecule has 0 aliphatic carbocycles. The Morgan fingerprint density at radius 3 is 2.56 bits per heavy atom. The van der Waals surface area contributed by atoms with E-state index in [2.05, 4.69) is 40.3 Å². The number of benzene rings is 3. The van der Waals surface area contributed by atoms with Crippen LogP contribution in [0.2, 0.25) is 5.02 Å². The van der Waals surface area contributed by atoms with Gasteiger partial charge in [-0.1, -0.05) is 63.9 Å². The molecular weight excluding hydrogens is 429 g/mol. The highest BCUT2D eigenvalue weighted by Crippen LogP contribution is 2.26. The smallest absolute Gasteiger partial charge is 0.124 e. The third kappa shape index (κ3) is 5.55. The van der Waals surface area contributed by atoms with Crippen LogP contribution in [0.15, 0.2) is 71.2 Å². The first kappa shape index (κ1) is 19.9. The van der Waals surface area contributed by atoms with Crippen molar-refractivity contribution in [3.63, 3.8) is 0 Å². The summed E-state index contributed by atoms with van der Waals surface area (Å²) < 4.78 is 20.2. The SMILES string of the molecule is CC(NCc1cc(Br)ccc1OCc1ccc(F)cc1Cl)c1ccccc1. The summed E-state index contributed by atoms with van der Waals surface area (Å²) in [7, 11) is 0. The Balaban J connectivity index is 1.69. The summed E-state index contributed by atoms with van der Waals surface area (Å²) in [5.41, 5.74) is 3.01. The average Bonchev–Trinajstić information content (AvgIpc) is 2.67. The minimum atomic E-state index is -0.354. The molecule has 2 nitrogen and oxygen atoms in total. The lowest BCUT2D eigenvalue weighted by atomic mass is 10.1. The fraction of sp³-hybridized carbons (Fsp3) is 0.182. The van der Waals surface area contributed by atoms with E-state index in [4.69, 9.17) is 16.3 Å². The van der Waals surface area contributed by atoms with E-state index in [1.807, 2.05) is 36.4 Å². The maximum absolute atomic E-state index is 13.2. The number of nitrogens with one attached hydrogen (secondary N) is 1. The largest absolute Gasteiger partial charge is 0.489 e. The fourth-order valence-electron chi connectivity index (χ4n) is 2.74. The van der Waals surface area contributed by atoms with E-state index in [1.165, 1.54) is 17.7 Å². The van der Waals surface area contributed by atoms with Gasteiger partial charge in [-0.15, -0.1) is 0 Å². The zero-order chi connectivity index (χ0) is 19.2. The van der Waals surface area contributed by atoms with Crippen LogP contribution in [0, 0.1) is 5.82 Å². The Morgan fingerprint density at radius 1 is 1.04 bits per heavy atom. The van der Waals surface area contributed by atoms with Crippen LogP contribution >= 0.6 is 27.5 Å². The van der Waals surface area contributed by atoms with Crippen LogP contribution < -0.4 is 10.1 Å². The van der Waals surface area contributed by atoms with Gasteiger partial charge in [-0.05, 0) is 42.8 Å². The molecule has 140 valence electrons. The number of rotatable bonds is 7. The molecule has 1 unspecified atom stereocenters. The minimum absolute atomic E-state index is 0.213. The molecule has 0 heterocycles. The Morgan fingerprint density at radius 2 is 1.81 bits per heavy atom. The quantitative estimate of drug-likeness (QED) is 0.436. The fourth-order valence-corrected chi connectivity index (χ4v) is 3.37. The molecule has 27 heavy (non-hydrogen) atoms. The maximum Gasteiger partial charge on any atom is 0.124 e. The van der Waals surface area contributed by atoms with Crippen LogP contribution in [0.1, 0.15) is 29.7 Å². The first-order valence-electron chi connectivity index (χ1n) is 8.66. The molecule has 0 amide bonds. The molecule has 0 aromatic heterocycles. The second-order valence-corrected chi connectivity index (χ2v) is 7.61. The number of halogens is 3. The van der Waals surface area contributed by atoms with Gasteiger partial charge in [-0.3, -0.25) is 0 Å². The molecule has 3 aromatic carbocycles. The second kappa shape index (κ2) is 9.36. The summed E-state index contributed by atoms with van der Waals surface area (Å²) in [5, 5.41) is 3.89. The topological polar surface area (TPSA) is 21.3 Å². The number of hydrogen-bond acceptors (Lipinski definition) is 2. The average molecular weight is 449 g/mol. The summed E-state index contributed by atoms with van der Waals surface area (Å²) in [6.45, 7) is 3.07. The van der Waals surface area contributed by atoms with Crippen molar-refractivity contribution in [3.05, 3.63) is 98.7 Å². The van der Waals surface area contributed by atoms with Gasteiger partial charge in [0.2, 0.25) is 0 Å². The van der Waals surface area contributed by atoms with Gasteiger partial charge in [-0.2, -0.15) is 0 Å². The second-order valence-electron chi connectivity index (χ2n) is 6.29. The normalized spacial score (nSPS) is 12.0.